The second-order valence-corrected chi connectivity index (χ2v) is 10.3. The number of thiazole rings is 1. The van der Waals surface area contributed by atoms with Crippen LogP contribution in [0, 0.1) is 0 Å². The third-order valence-corrected chi connectivity index (χ3v) is 7.46. The summed E-state index contributed by atoms with van der Waals surface area (Å²) in [5.41, 5.74) is 2.48. The summed E-state index contributed by atoms with van der Waals surface area (Å²) in [7, 11) is 0. The molecule has 0 spiro atoms. The number of aromatic nitrogens is 3. The third kappa shape index (κ3) is 4.38. The van der Waals surface area contributed by atoms with Gasteiger partial charge in [-0.3, -0.25) is 9.59 Å². The number of ether oxygens (including phenoxy) is 1. The first-order valence-electron chi connectivity index (χ1n) is 11.8. The van der Waals surface area contributed by atoms with Gasteiger partial charge in [0.15, 0.2) is 5.82 Å². The molecule has 35 heavy (non-hydrogen) atoms. The maximum Gasteiger partial charge on any atom is 0.291 e. The van der Waals surface area contributed by atoms with E-state index in [1.54, 1.807) is 4.90 Å². The molecule has 180 valence electrons. The lowest BCUT2D eigenvalue weighted by Gasteiger charge is -2.15. The van der Waals surface area contributed by atoms with Crippen LogP contribution in [-0.2, 0) is 4.79 Å². The van der Waals surface area contributed by atoms with Gasteiger partial charge < -0.3 is 9.64 Å². The van der Waals surface area contributed by atoms with Gasteiger partial charge in [-0.2, -0.15) is 9.50 Å². The van der Waals surface area contributed by atoms with Crippen molar-refractivity contribution in [1.82, 2.24) is 14.6 Å². The Kier molecular flexibility index (Phi) is 6.71. The minimum Gasteiger partial charge on any atom is -0.494 e. The van der Waals surface area contributed by atoms with E-state index in [9.17, 15) is 9.59 Å². The third-order valence-electron chi connectivity index (χ3n) is 5.94. The minimum absolute atomic E-state index is 0.156. The minimum atomic E-state index is -0.327. The summed E-state index contributed by atoms with van der Waals surface area (Å²) in [6.45, 7) is 5.48. The lowest BCUT2D eigenvalue weighted by molar-refractivity contribution is -0.113. The van der Waals surface area contributed by atoms with Crippen molar-refractivity contribution >= 4 is 49.4 Å². The summed E-state index contributed by atoms with van der Waals surface area (Å²) in [5, 5.41) is 4.46. The number of hydrogen-bond donors (Lipinski definition) is 0. The van der Waals surface area contributed by atoms with Crippen molar-refractivity contribution in [1.29, 1.82) is 0 Å². The molecule has 9 heteroatoms. The molecule has 0 aliphatic carbocycles. The Morgan fingerprint density at radius 1 is 1.03 bits per heavy atom. The maximum absolute atomic E-state index is 13.3. The highest BCUT2D eigenvalue weighted by molar-refractivity contribution is 9.10. The van der Waals surface area contributed by atoms with Crippen LogP contribution in [0.3, 0.4) is 0 Å². The summed E-state index contributed by atoms with van der Waals surface area (Å²) < 4.78 is 8.29. The van der Waals surface area contributed by atoms with Crippen LogP contribution >= 0.6 is 27.3 Å². The van der Waals surface area contributed by atoms with E-state index in [0.29, 0.717) is 34.0 Å². The van der Waals surface area contributed by atoms with Gasteiger partial charge in [0.05, 0.1) is 17.9 Å². The lowest BCUT2D eigenvalue weighted by atomic mass is 10.1. The Labute approximate surface area is 215 Å². The predicted molar refractivity (Wildman–Crippen MR) is 142 cm³/mol. The van der Waals surface area contributed by atoms with Crippen LogP contribution in [0.2, 0.25) is 0 Å². The standard InChI is InChI=1S/C26H25BrN4O3S/c1-3-5-6-14-34-18-10-7-16(8-11-18)23-28-26-31(29-23)25(33)22(35-26)21-19-15-17(27)9-12-20(19)30(13-4-2)24(21)32/h7-12,15H,3-6,13-14H2,1-2H3/b22-21-. The van der Waals surface area contributed by atoms with Crippen LogP contribution in [0.1, 0.15) is 45.1 Å². The molecule has 0 fully saturated rings. The van der Waals surface area contributed by atoms with Gasteiger partial charge in [-0.1, -0.05) is 54.0 Å². The Morgan fingerprint density at radius 2 is 1.83 bits per heavy atom. The van der Waals surface area contributed by atoms with Gasteiger partial charge in [-0.15, -0.1) is 5.10 Å². The number of benzene rings is 2. The molecule has 0 N–H and O–H groups in total. The van der Waals surface area contributed by atoms with Crippen molar-refractivity contribution in [3.63, 3.8) is 0 Å². The average molecular weight is 553 g/mol. The fourth-order valence-corrected chi connectivity index (χ4v) is 5.58. The number of carbonyl (C=O) groups is 1. The van der Waals surface area contributed by atoms with Crippen LogP contribution in [0.25, 0.3) is 21.9 Å². The van der Waals surface area contributed by atoms with Gasteiger partial charge >= 0.3 is 0 Å². The highest BCUT2D eigenvalue weighted by atomic mass is 79.9. The number of rotatable bonds is 8. The number of anilines is 1. The van der Waals surface area contributed by atoms with E-state index in [-0.39, 0.29) is 11.5 Å². The SMILES string of the molecule is CCCCCOc1ccc(-c2nc3s/c(=C4\C(=O)N(CCC)c5ccc(Br)cc54)c(=O)n3n2)cc1. The van der Waals surface area contributed by atoms with E-state index in [1.807, 2.05) is 49.4 Å². The molecule has 1 aliphatic heterocycles. The largest absolute Gasteiger partial charge is 0.494 e. The summed E-state index contributed by atoms with van der Waals surface area (Å²) in [5.74, 6) is 1.11. The Bertz CT molecular complexity index is 1510. The monoisotopic (exact) mass is 552 g/mol. The van der Waals surface area contributed by atoms with Crippen molar-refractivity contribution in [2.75, 3.05) is 18.1 Å². The molecule has 0 unspecified atom stereocenters. The molecule has 2 aromatic heterocycles. The molecule has 1 aliphatic rings. The molecule has 0 saturated heterocycles. The van der Waals surface area contributed by atoms with Crippen molar-refractivity contribution in [2.24, 2.45) is 0 Å². The van der Waals surface area contributed by atoms with Crippen molar-refractivity contribution in [3.8, 4) is 17.1 Å². The number of carbonyl (C=O) groups excluding carboxylic acids is 1. The smallest absolute Gasteiger partial charge is 0.291 e. The quantitative estimate of drug-likeness (QED) is 0.293. The molecule has 2 aromatic carbocycles. The van der Waals surface area contributed by atoms with E-state index in [0.717, 1.165) is 52.7 Å². The molecule has 0 atom stereocenters. The first-order valence-corrected chi connectivity index (χ1v) is 13.4. The fraction of sp³-hybridized carbons (Fsp3) is 0.308. The molecule has 7 nitrogen and oxygen atoms in total. The Hall–Kier alpha value is -3.04. The van der Waals surface area contributed by atoms with Gasteiger partial charge in [0.25, 0.3) is 11.5 Å². The molecule has 0 radical (unpaired) electrons. The number of amides is 1. The second kappa shape index (κ2) is 9.91. The summed E-state index contributed by atoms with van der Waals surface area (Å²) >= 11 is 4.70. The van der Waals surface area contributed by atoms with Gasteiger partial charge in [-0.05, 0) is 55.3 Å². The van der Waals surface area contributed by atoms with Crippen LogP contribution in [0.15, 0.2) is 51.7 Å². The second-order valence-electron chi connectivity index (χ2n) is 8.44. The zero-order valence-electron chi connectivity index (χ0n) is 19.6. The number of hydrogen-bond acceptors (Lipinski definition) is 6. The first-order chi connectivity index (χ1) is 17.0. The molecular weight excluding hydrogens is 528 g/mol. The molecule has 4 aromatic rings. The molecule has 5 rings (SSSR count). The van der Waals surface area contributed by atoms with Crippen LogP contribution in [0.4, 0.5) is 5.69 Å². The summed E-state index contributed by atoms with van der Waals surface area (Å²) in [6, 6.07) is 13.3. The zero-order valence-corrected chi connectivity index (χ0v) is 22.0. The van der Waals surface area contributed by atoms with Crippen molar-refractivity contribution in [3.05, 3.63) is 67.4 Å². The first kappa shape index (κ1) is 23.7. The lowest BCUT2D eigenvalue weighted by Crippen LogP contribution is -2.32. The Morgan fingerprint density at radius 3 is 2.54 bits per heavy atom. The van der Waals surface area contributed by atoms with Gasteiger partial charge in [0, 0.05) is 22.1 Å². The summed E-state index contributed by atoms with van der Waals surface area (Å²) in [4.78, 5) is 33.5. The Balaban J connectivity index is 1.51. The molecule has 3 heterocycles. The topological polar surface area (TPSA) is 76.8 Å². The number of unbranched alkanes of at least 4 members (excludes halogenated alkanes) is 2. The molecular formula is C26H25BrN4O3S. The van der Waals surface area contributed by atoms with Crippen LogP contribution in [0.5, 0.6) is 5.75 Å². The van der Waals surface area contributed by atoms with E-state index < -0.39 is 0 Å². The predicted octanol–water partition coefficient (Wildman–Crippen LogP) is 4.82. The average Bonchev–Trinajstić information content (AvgIpc) is 3.48. The van der Waals surface area contributed by atoms with E-state index in [4.69, 9.17) is 4.74 Å². The van der Waals surface area contributed by atoms with E-state index in [1.165, 1.54) is 15.9 Å². The summed E-state index contributed by atoms with van der Waals surface area (Å²) in [6.07, 6.45) is 4.16. The fourth-order valence-electron chi connectivity index (χ4n) is 4.22. The number of nitrogens with zero attached hydrogens (tertiary/aromatic N) is 4. The number of fused-ring (bicyclic) bond motifs is 2. The van der Waals surface area contributed by atoms with E-state index >= 15 is 0 Å². The van der Waals surface area contributed by atoms with Gasteiger partial charge in [-0.25, -0.2) is 0 Å². The molecule has 1 amide bonds. The zero-order chi connectivity index (χ0) is 24.5. The van der Waals surface area contributed by atoms with Crippen LogP contribution < -0.4 is 19.7 Å². The maximum atomic E-state index is 13.3. The highest BCUT2D eigenvalue weighted by Crippen LogP contribution is 2.37. The van der Waals surface area contributed by atoms with Crippen molar-refractivity contribution < 1.29 is 9.53 Å². The highest BCUT2D eigenvalue weighted by Gasteiger charge is 2.34. The van der Waals surface area contributed by atoms with E-state index in [2.05, 4.69) is 32.9 Å². The van der Waals surface area contributed by atoms with Gasteiger partial charge in [0.1, 0.15) is 10.3 Å². The number of halogens is 1. The normalized spacial score (nSPS) is 14.7. The van der Waals surface area contributed by atoms with Crippen molar-refractivity contribution in [2.45, 2.75) is 39.5 Å². The molecule has 0 saturated carbocycles. The van der Waals surface area contributed by atoms with Crippen LogP contribution in [-0.4, -0.2) is 33.7 Å². The molecule has 0 bridgehead atoms. The van der Waals surface area contributed by atoms with Gasteiger partial charge in [0.2, 0.25) is 4.96 Å².